The van der Waals surface area contributed by atoms with Gasteiger partial charge in [0.25, 0.3) is 0 Å². The molecule has 0 unspecified atom stereocenters. The van der Waals surface area contributed by atoms with Gasteiger partial charge >= 0.3 is 0 Å². The van der Waals surface area contributed by atoms with E-state index in [1.54, 1.807) is 23.8 Å². The predicted octanol–water partition coefficient (Wildman–Crippen LogP) is 1.87. The SMILES string of the molecule is COCCCNC(=O)CSc1nnc(-c2ccc(F)cc2)n1C. The van der Waals surface area contributed by atoms with Gasteiger partial charge in [0.05, 0.1) is 5.75 Å². The molecule has 1 heterocycles. The summed E-state index contributed by atoms with van der Waals surface area (Å²) in [6.07, 6.45) is 0.783. The van der Waals surface area contributed by atoms with E-state index in [-0.39, 0.29) is 17.5 Å². The molecule has 2 aromatic rings. The van der Waals surface area contributed by atoms with Crippen LogP contribution in [-0.2, 0) is 16.6 Å². The van der Waals surface area contributed by atoms with Crippen LogP contribution in [-0.4, -0.2) is 46.7 Å². The van der Waals surface area contributed by atoms with Crippen LogP contribution < -0.4 is 5.32 Å². The van der Waals surface area contributed by atoms with Crippen molar-refractivity contribution in [2.24, 2.45) is 7.05 Å². The summed E-state index contributed by atoms with van der Waals surface area (Å²) in [4.78, 5) is 11.7. The van der Waals surface area contributed by atoms with E-state index in [0.29, 0.717) is 24.1 Å². The minimum absolute atomic E-state index is 0.0579. The second kappa shape index (κ2) is 8.64. The number of ether oxygens (including phenoxy) is 1. The zero-order valence-electron chi connectivity index (χ0n) is 13.1. The monoisotopic (exact) mass is 338 g/mol. The van der Waals surface area contributed by atoms with Gasteiger partial charge in [-0.2, -0.15) is 0 Å². The molecule has 0 saturated heterocycles. The fourth-order valence-corrected chi connectivity index (χ4v) is 2.66. The minimum atomic E-state index is -0.296. The Balaban J connectivity index is 1.89. The van der Waals surface area contributed by atoms with Crippen molar-refractivity contribution >= 4 is 17.7 Å². The van der Waals surface area contributed by atoms with Crippen molar-refractivity contribution in [1.82, 2.24) is 20.1 Å². The summed E-state index contributed by atoms with van der Waals surface area (Å²) in [6.45, 7) is 1.21. The van der Waals surface area contributed by atoms with Gasteiger partial charge in [0.2, 0.25) is 5.91 Å². The maximum absolute atomic E-state index is 13.0. The van der Waals surface area contributed by atoms with Crippen LogP contribution >= 0.6 is 11.8 Å². The number of halogens is 1. The number of rotatable bonds is 8. The first-order chi connectivity index (χ1) is 11.1. The Labute approximate surface area is 138 Å². The highest BCUT2D eigenvalue weighted by atomic mass is 32.2. The molecule has 0 aliphatic rings. The highest BCUT2D eigenvalue weighted by molar-refractivity contribution is 7.99. The molecule has 8 heteroatoms. The molecule has 0 spiro atoms. The molecule has 0 fully saturated rings. The molecule has 2 rings (SSSR count). The zero-order chi connectivity index (χ0) is 16.7. The normalized spacial score (nSPS) is 10.7. The molecule has 0 bridgehead atoms. The third-order valence-corrected chi connectivity index (χ3v) is 4.14. The van der Waals surface area contributed by atoms with E-state index in [4.69, 9.17) is 4.74 Å². The number of carbonyl (C=O) groups excluding carboxylic acids is 1. The lowest BCUT2D eigenvalue weighted by Crippen LogP contribution is -2.26. The van der Waals surface area contributed by atoms with Gasteiger partial charge < -0.3 is 14.6 Å². The Morgan fingerprint density at radius 2 is 2.09 bits per heavy atom. The van der Waals surface area contributed by atoms with Crippen LogP contribution in [0, 0.1) is 5.82 Å². The van der Waals surface area contributed by atoms with Gasteiger partial charge in [-0.15, -0.1) is 10.2 Å². The van der Waals surface area contributed by atoms with Crippen molar-refractivity contribution in [3.63, 3.8) is 0 Å². The number of carbonyl (C=O) groups is 1. The van der Waals surface area contributed by atoms with E-state index in [9.17, 15) is 9.18 Å². The smallest absolute Gasteiger partial charge is 0.230 e. The number of amides is 1. The van der Waals surface area contributed by atoms with Crippen molar-refractivity contribution in [1.29, 1.82) is 0 Å². The quantitative estimate of drug-likeness (QED) is 0.588. The number of thioether (sulfide) groups is 1. The maximum Gasteiger partial charge on any atom is 0.230 e. The Bertz CT molecular complexity index is 645. The first-order valence-electron chi connectivity index (χ1n) is 7.15. The molecule has 1 aromatic heterocycles. The Hall–Kier alpha value is -1.93. The molecule has 1 aromatic carbocycles. The Kier molecular flexibility index (Phi) is 6.54. The lowest BCUT2D eigenvalue weighted by Gasteiger charge is -2.05. The summed E-state index contributed by atoms with van der Waals surface area (Å²) in [6, 6.07) is 6.06. The number of hydrogen-bond acceptors (Lipinski definition) is 5. The molecular formula is C15H19FN4O2S. The molecule has 1 N–H and O–H groups in total. The predicted molar refractivity (Wildman–Crippen MR) is 86.6 cm³/mol. The van der Waals surface area contributed by atoms with E-state index in [0.717, 1.165) is 12.0 Å². The lowest BCUT2D eigenvalue weighted by molar-refractivity contribution is -0.118. The largest absolute Gasteiger partial charge is 0.385 e. The first-order valence-corrected chi connectivity index (χ1v) is 8.14. The molecule has 124 valence electrons. The van der Waals surface area contributed by atoms with Crippen LogP contribution in [0.25, 0.3) is 11.4 Å². The molecule has 1 amide bonds. The van der Waals surface area contributed by atoms with Gasteiger partial charge in [-0.25, -0.2) is 4.39 Å². The molecule has 0 saturated carbocycles. The van der Waals surface area contributed by atoms with Crippen molar-refractivity contribution in [2.75, 3.05) is 26.0 Å². The molecular weight excluding hydrogens is 319 g/mol. The molecule has 0 aliphatic carbocycles. The average molecular weight is 338 g/mol. The number of aromatic nitrogens is 3. The van der Waals surface area contributed by atoms with Gasteiger partial charge in [0.15, 0.2) is 11.0 Å². The molecule has 6 nitrogen and oxygen atoms in total. The summed E-state index contributed by atoms with van der Waals surface area (Å²) >= 11 is 1.31. The highest BCUT2D eigenvalue weighted by Crippen LogP contribution is 2.22. The molecule has 0 aliphatic heterocycles. The van der Waals surface area contributed by atoms with Gasteiger partial charge in [-0.05, 0) is 30.7 Å². The third-order valence-electron chi connectivity index (χ3n) is 3.12. The average Bonchev–Trinajstić information content (AvgIpc) is 2.91. The Morgan fingerprint density at radius 3 is 2.78 bits per heavy atom. The van der Waals surface area contributed by atoms with E-state index in [1.165, 1.54) is 23.9 Å². The zero-order valence-corrected chi connectivity index (χ0v) is 13.9. The number of methoxy groups -OCH3 is 1. The van der Waals surface area contributed by atoms with Crippen LogP contribution in [0.2, 0.25) is 0 Å². The van der Waals surface area contributed by atoms with Crippen LogP contribution in [0.15, 0.2) is 29.4 Å². The Morgan fingerprint density at radius 1 is 1.35 bits per heavy atom. The van der Waals surface area contributed by atoms with Gasteiger partial charge in [-0.1, -0.05) is 11.8 Å². The first kappa shape index (κ1) is 17.4. The van der Waals surface area contributed by atoms with E-state index in [2.05, 4.69) is 15.5 Å². The lowest BCUT2D eigenvalue weighted by atomic mass is 10.2. The highest BCUT2D eigenvalue weighted by Gasteiger charge is 2.12. The van der Waals surface area contributed by atoms with Gasteiger partial charge in [0, 0.05) is 32.9 Å². The third kappa shape index (κ3) is 5.04. The molecule has 0 atom stereocenters. The van der Waals surface area contributed by atoms with Crippen molar-refractivity contribution in [2.45, 2.75) is 11.6 Å². The van der Waals surface area contributed by atoms with Crippen LogP contribution in [0.1, 0.15) is 6.42 Å². The van der Waals surface area contributed by atoms with Crippen molar-refractivity contribution in [3.05, 3.63) is 30.1 Å². The fraction of sp³-hybridized carbons (Fsp3) is 0.400. The molecule has 0 radical (unpaired) electrons. The van der Waals surface area contributed by atoms with Crippen LogP contribution in [0.3, 0.4) is 0 Å². The second-order valence-electron chi connectivity index (χ2n) is 4.86. The minimum Gasteiger partial charge on any atom is -0.385 e. The number of benzene rings is 1. The summed E-state index contributed by atoms with van der Waals surface area (Å²) in [5, 5.41) is 11.6. The fourth-order valence-electron chi connectivity index (χ4n) is 1.92. The van der Waals surface area contributed by atoms with Crippen molar-refractivity contribution < 1.29 is 13.9 Å². The van der Waals surface area contributed by atoms with Gasteiger partial charge in [0.1, 0.15) is 5.82 Å². The van der Waals surface area contributed by atoms with E-state index in [1.807, 2.05) is 7.05 Å². The number of hydrogen-bond donors (Lipinski definition) is 1. The summed E-state index contributed by atoms with van der Waals surface area (Å²) < 4.78 is 19.7. The van der Waals surface area contributed by atoms with Crippen LogP contribution in [0.5, 0.6) is 0 Å². The molecule has 23 heavy (non-hydrogen) atoms. The second-order valence-corrected chi connectivity index (χ2v) is 5.80. The summed E-state index contributed by atoms with van der Waals surface area (Å²) in [7, 11) is 3.45. The van der Waals surface area contributed by atoms with Crippen molar-refractivity contribution in [3.8, 4) is 11.4 Å². The summed E-state index contributed by atoms with van der Waals surface area (Å²) in [5.41, 5.74) is 0.775. The standard InChI is InChI=1S/C15H19FN4O2S/c1-20-14(11-4-6-12(16)7-5-11)18-19-15(20)23-10-13(21)17-8-3-9-22-2/h4-7H,3,8-10H2,1-2H3,(H,17,21). The van der Waals surface area contributed by atoms with Crippen LogP contribution in [0.4, 0.5) is 4.39 Å². The maximum atomic E-state index is 13.0. The van der Waals surface area contributed by atoms with E-state index >= 15 is 0 Å². The summed E-state index contributed by atoms with van der Waals surface area (Å²) in [5.74, 6) is 0.545. The number of nitrogens with one attached hydrogen (secondary N) is 1. The number of nitrogens with zero attached hydrogens (tertiary/aromatic N) is 3. The van der Waals surface area contributed by atoms with E-state index < -0.39 is 0 Å². The topological polar surface area (TPSA) is 69.0 Å². The van der Waals surface area contributed by atoms with Gasteiger partial charge in [-0.3, -0.25) is 4.79 Å².